The second-order valence-corrected chi connectivity index (χ2v) is 9.38. The number of hydrogen-bond acceptors (Lipinski definition) is 6. The minimum absolute atomic E-state index is 0.00313. The normalized spacial score (nSPS) is 12.9. The molecule has 3 N–H and O–H groups in total. The van der Waals surface area contributed by atoms with Crippen molar-refractivity contribution < 1.29 is 28.5 Å². The van der Waals surface area contributed by atoms with Crippen molar-refractivity contribution in [1.82, 2.24) is 10.6 Å². The largest absolute Gasteiger partial charge is 0.454 e. The van der Waals surface area contributed by atoms with Gasteiger partial charge in [-0.3, -0.25) is 4.79 Å². The standard InChI is InChI=1S/C30H35FN2O5/c31-26-11-7-25(8-12-26)19-36-20-30(35)32-15-1-2-22-3-5-24(6-4-22)17-33-27(18-34)13-9-23-10-14-28-29(16-23)38-21-37-28/h3-8,10-12,14,16,27,33-34H,1-2,9,13,15,17-21H2,(H,32,35). The molecule has 3 aromatic carbocycles. The van der Waals surface area contributed by atoms with Gasteiger partial charge in [0.15, 0.2) is 11.5 Å². The van der Waals surface area contributed by atoms with Crippen molar-refractivity contribution in [2.45, 2.75) is 44.9 Å². The van der Waals surface area contributed by atoms with E-state index in [1.54, 1.807) is 12.1 Å². The Labute approximate surface area is 222 Å². The molecule has 0 fully saturated rings. The first-order valence-corrected chi connectivity index (χ1v) is 13.0. The summed E-state index contributed by atoms with van der Waals surface area (Å²) in [4.78, 5) is 11.9. The number of benzene rings is 3. The molecule has 0 aromatic heterocycles. The van der Waals surface area contributed by atoms with Crippen molar-refractivity contribution in [3.05, 3.63) is 94.8 Å². The zero-order valence-electron chi connectivity index (χ0n) is 21.5. The third-order valence-corrected chi connectivity index (χ3v) is 6.44. The maximum Gasteiger partial charge on any atom is 0.246 e. The van der Waals surface area contributed by atoms with Gasteiger partial charge in [-0.2, -0.15) is 0 Å². The molecule has 0 saturated heterocycles. The Balaban J connectivity index is 1.08. The molecule has 4 rings (SSSR count). The van der Waals surface area contributed by atoms with Gasteiger partial charge in [0.05, 0.1) is 13.2 Å². The lowest BCUT2D eigenvalue weighted by Crippen LogP contribution is -2.32. The lowest BCUT2D eigenvalue weighted by molar-refractivity contribution is -0.126. The minimum atomic E-state index is -0.293. The molecule has 1 aliphatic rings. The quantitative estimate of drug-likeness (QED) is 0.263. The zero-order chi connectivity index (χ0) is 26.6. The third kappa shape index (κ3) is 8.83. The molecule has 8 heteroatoms. The van der Waals surface area contributed by atoms with Crippen molar-refractivity contribution in [3.8, 4) is 11.5 Å². The van der Waals surface area contributed by atoms with Crippen molar-refractivity contribution in [1.29, 1.82) is 0 Å². The van der Waals surface area contributed by atoms with Crippen LogP contribution in [-0.4, -0.2) is 43.6 Å². The number of aliphatic hydroxyl groups is 1. The molecule has 7 nitrogen and oxygen atoms in total. The van der Waals surface area contributed by atoms with Crippen LogP contribution < -0.4 is 20.1 Å². The molecule has 38 heavy (non-hydrogen) atoms. The maximum absolute atomic E-state index is 12.9. The van der Waals surface area contributed by atoms with Gasteiger partial charge in [-0.15, -0.1) is 0 Å². The van der Waals surface area contributed by atoms with E-state index in [1.807, 2.05) is 18.2 Å². The van der Waals surface area contributed by atoms with Crippen LogP contribution in [0.2, 0.25) is 0 Å². The van der Waals surface area contributed by atoms with Crippen molar-refractivity contribution >= 4 is 5.91 Å². The van der Waals surface area contributed by atoms with Crippen LogP contribution in [0.15, 0.2) is 66.7 Å². The molecule has 0 saturated carbocycles. The monoisotopic (exact) mass is 522 g/mol. The highest BCUT2D eigenvalue weighted by Gasteiger charge is 2.14. The van der Waals surface area contributed by atoms with Gasteiger partial charge >= 0.3 is 0 Å². The van der Waals surface area contributed by atoms with Crippen LogP contribution in [0.5, 0.6) is 11.5 Å². The molecular weight excluding hydrogens is 487 g/mol. The summed E-state index contributed by atoms with van der Waals surface area (Å²) in [5.74, 6) is 1.11. The average Bonchev–Trinajstić information content (AvgIpc) is 3.41. The van der Waals surface area contributed by atoms with Crippen LogP contribution in [0, 0.1) is 5.82 Å². The molecule has 1 aliphatic heterocycles. The average molecular weight is 523 g/mol. The van der Waals surface area contributed by atoms with E-state index in [1.165, 1.54) is 17.7 Å². The van der Waals surface area contributed by atoms with Gasteiger partial charge in [-0.25, -0.2) is 4.39 Å². The molecule has 1 atom stereocenters. The predicted octanol–water partition coefficient (Wildman–Crippen LogP) is 3.90. The van der Waals surface area contributed by atoms with E-state index in [-0.39, 0.29) is 44.4 Å². The Kier molecular flexibility index (Phi) is 10.5. The van der Waals surface area contributed by atoms with E-state index in [4.69, 9.17) is 14.2 Å². The highest BCUT2D eigenvalue weighted by molar-refractivity contribution is 5.77. The van der Waals surface area contributed by atoms with E-state index >= 15 is 0 Å². The summed E-state index contributed by atoms with van der Waals surface area (Å²) in [7, 11) is 0. The smallest absolute Gasteiger partial charge is 0.246 e. The fraction of sp³-hybridized carbons (Fsp3) is 0.367. The summed E-state index contributed by atoms with van der Waals surface area (Å²) >= 11 is 0. The lowest BCUT2D eigenvalue weighted by atomic mass is 10.0. The number of nitrogens with one attached hydrogen (secondary N) is 2. The molecule has 202 valence electrons. The number of aryl methyl sites for hydroxylation is 2. The Morgan fingerprint density at radius 3 is 2.42 bits per heavy atom. The van der Waals surface area contributed by atoms with Crippen molar-refractivity contribution in [3.63, 3.8) is 0 Å². The number of carbonyl (C=O) groups excluding carboxylic acids is 1. The van der Waals surface area contributed by atoms with Crippen molar-refractivity contribution in [2.24, 2.45) is 0 Å². The SMILES string of the molecule is O=C(COCc1ccc(F)cc1)NCCCc1ccc(CNC(CO)CCc2ccc3c(c2)OCO3)cc1. The number of rotatable bonds is 15. The topological polar surface area (TPSA) is 89.1 Å². The molecule has 0 spiro atoms. The van der Waals surface area contributed by atoms with Gasteiger partial charge in [-0.05, 0) is 72.2 Å². The maximum atomic E-state index is 12.9. The summed E-state index contributed by atoms with van der Waals surface area (Å²) < 4.78 is 29.1. The second kappa shape index (κ2) is 14.5. The Morgan fingerprint density at radius 1 is 0.921 bits per heavy atom. The fourth-order valence-corrected chi connectivity index (χ4v) is 4.19. The number of amides is 1. The lowest BCUT2D eigenvalue weighted by Gasteiger charge is -2.16. The predicted molar refractivity (Wildman–Crippen MR) is 142 cm³/mol. The van der Waals surface area contributed by atoms with Gasteiger partial charge in [0.1, 0.15) is 12.4 Å². The summed E-state index contributed by atoms with van der Waals surface area (Å²) in [6.07, 6.45) is 3.34. The Bertz CT molecular complexity index is 1150. The summed E-state index contributed by atoms with van der Waals surface area (Å²) in [5, 5.41) is 16.1. The highest BCUT2D eigenvalue weighted by atomic mass is 19.1. The molecular formula is C30H35FN2O5. The zero-order valence-corrected chi connectivity index (χ0v) is 21.5. The first-order chi connectivity index (χ1) is 18.6. The van der Waals surface area contributed by atoms with Crippen LogP contribution >= 0.6 is 0 Å². The Hall–Kier alpha value is -3.46. The highest BCUT2D eigenvalue weighted by Crippen LogP contribution is 2.32. The number of aliphatic hydroxyl groups excluding tert-OH is 1. The molecule has 0 aliphatic carbocycles. The molecule has 0 radical (unpaired) electrons. The number of ether oxygens (including phenoxy) is 3. The number of halogens is 1. The van der Waals surface area contributed by atoms with Gasteiger partial charge in [0, 0.05) is 19.1 Å². The van der Waals surface area contributed by atoms with Crippen LogP contribution in [0.1, 0.15) is 35.1 Å². The number of fused-ring (bicyclic) bond motifs is 1. The number of carbonyl (C=O) groups is 1. The van der Waals surface area contributed by atoms with Crippen LogP contribution in [0.4, 0.5) is 4.39 Å². The van der Waals surface area contributed by atoms with Crippen LogP contribution in [0.3, 0.4) is 0 Å². The second-order valence-electron chi connectivity index (χ2n) is 9.38. The first kappa shape index (κ1) is 27.6. The summed E-state index contributed by atoms with van der Waals surface area (Å²) in [6.45, 7) is 1.85. The minimum Gasteiger partial charge on any atom is -0.454 e. The van der Waals surface area contributed by atoms with E-state index in [0.717, 1.165) is 53.9 Å². The van der Waals surface area contributed by atoms with E-state index in [2.05, 4.69) is 34.9 Å². The van der Waals surface area contributed by atoms with Crippen molar-refractivity contribution in [2.75, 3.05) is 26.6 Å². The number of hydrogen-bond donors (Lipinski definition) is 3. The van der Waals surface area contributed by atoms with Gasteiger partial charge in [-0.1, -0.05) is 42.5 Å². The summed E-state index contributed by atoms with van der Waals surface area (Å²) in [6, 6.07) is 20.4. The van der Waals surface area contributed by atoms with Gasteiger partial charge < -0.3 is 30.0 Å². The fourth-order valence-electron chi connectivity index (χ4n) is 4.19. The van der Waals surface area contributed by atoms with Gasteiger partial charge in [0.2, 0.25) is 12.7 Å². The van der Waals surface area contributed by atoms with Crippen LogP contribution in [0.25, 0.3) is 0 Å². The van der Waals surface area contributed by atoms with Crippen LogP contribution in [-0.2, 0) is 35.5 Å². The Morgan fingerprint density at radius 2 is 1.63 bits per heavy atom. The van der Waals surface area contributed by atoms with Gasteiger partial charge in [0.25, 0.3) is 0 Å². The van der Waals surface area contributed by atoms with E-state index in [9.17, 15) is 14.3 Å². The molecule has 3 aromatic rings. The summed E-state index contributed by atoms with van der Waals surface area (Å²) in [5.41, 5.74) is 4.34. The first-order valence-electron chi connectivity index (χ1n) is 13.0. The van der Waals surface area contributed by atoms with E-state index < -0.39 is 0 Å². The molecule has 1 amide bonds. The third-order valence-electron chi connectivity index (χ3n) is 6.44. The molecule has 1 unspecified atom stereocenters. The molecule has 1 heterocycles. The van der Waals surface area contributed by atoms with E-state index in [0.29, 0.717) is 13.1 Å². The molecule has 0 bridgehead atoms.